The van der Waals surface area contributed by atoms with Gasteiger partial charge in [0, 0.05) is 20.1 Å². The minimum absolute atomic E-state index is 0.0793. The van der Waals surface area contributed by atoms with Gasteiger partial charge in [0.15, 0.2) is 0 Å². The summed E-state index contributed by atoms with van der Waals surface area (Å²) in [6, 6.07) is 7.70. The van der Waals surface area contributed by atoms with Gasteiger partial charge in [0.25, 0.3) is 0 Å². The molecule has 0 bridgehead atoms. The van der Waals surface area contributed by atoms with Crippen LogP contribution < -0.4 is 4.31 Å². The molecule has 0 N–H and O–H groups in total. The lowest BCUT2D eigenvalue weighted by Crippen LogP contribution is -2.32. The van der Waals surface area contributed by atoms with Crippen LogP contribution in [0, 0.1) is 0 Å². The molecule has 0 radical (unpaired) electrons. The molecule has 100 valence electrons. The molecule has 4 nitrogen and oxygen atoms in total. The lowest BCUT2D eigenvalue weighted by molar-refractivity contribution is 0.561. The summed E-state index contributed by atoms with van der Waals surface area (Å²) in [7, 11) is -1.70. The molecule has 1 aliphatic rings. The van der Waals surface area contributed by atoms with Crippen molar-refractivity contribution in [2.75, 3.05) is 24.4 Å². The summed E-state index contributed by atoms with van der Waals surface area (Å²) in [4.78, 5) is 0. The lowest BCUT2D eigenvalue weighted by atomic mass is 9.87. The monoisotopic (exact) mass is 268 g/mol. The van der Waals surface area contributed by atoms with Gasteiger partial charge in [0.2, 0.25) is 0 Å². The van der Waals surface area contributed by atoms with Crippen molar-refractivity contribution in [2.45, 2.75) is 26.2 Å². The van der Waals surface area contributed by atoms with Crippen molar-refractivity contribution in [1.82, 2.24) is 4.31 Å². The Hall–Kier alpha value is -1.07. The number of hydrogen-bond donors (Lipinski definition) is 0. The van der Waals surface area contributed by atoms with Crippen LogP contribution in [0.2, 0.25) is 0 Å². The fraction of sp³-hybridized carbons (Fsp3) is 0.538. The summed E-state index contributed by atoms with van der Waals surface area (Å²) in [6.07, 6.45) is 0. The van der Waals surface area contributed by atoms with Gasteiger partial charge >= 0.3 is 10.2 Å². The van der Waals surface area contributed by atoms with Gasteiger partial charge < -0.3 is 0 Å². The Morgan fingerprint density at radius 1 is 1.11 bits per heavy atom. The first kappa shape index (κ1) is 13.4. The standard InChI is InChI=1S/C13H20N2O2S/c1-13(2,3)11-5-7-12(8-6-11)14(4)18(16,17)15-9-10-15/h5-8H,9-10H2,1-4H3. The smallest absolute Gasteiger partial charge is 0.261 e. The van der Waals surface area contributed by atoms with Crippen molar-refractivity contribution in [3.63, 3.8) is 0 Å². The van der Waals surface area contributed by atoms with E-state index in [2.05, 4.69) is 20.8 Å². The zero-order valence-corrected chi connectivity index (χ0v) is 12.2. The van der Waals surface area contributed by atoms with Gasteiger partial charge in [-0.1, -0.05) is 32.9 Å². The van der Waals surface area contributed by atoms with E-state index < -0.39 is 10.2 Å². The van der Waals surface area contributed by atoms with Gasteiger partial charge in [-0.25, -0.2) is 0 Å². The Bertz CT molecular complexity index is 525. The maximum absolute atomic E-state index is 12.0. The summed E-state index contributed by atoms with van der Waals surface area (Å²) in [5.41, 5.74) is 1.98. The summed E-state index contributed by atoms with van der Waals surface area (Å²) in [6.45, 7) is 7.68. The van der Waals surface area contributed by atoms with Gasteiger partial charge in [-0.05, 0) is 23.1 Å². The summed E-state index contributed by atoms with van der Waals surface area (Å²) in [5, 5.41) is 0. The number of rotatable bonds is 3. The van der Waals surface area contributed by atoms with Crippen LogP contribution in [-0.2, 0) is 15.6 Å². The van der Waals surface area contributed by atoms with Gasteiger partial charge in [-0.3, -0.25) is 4.31 Å². The van der Waals surface area contributed by atoms with Crippen LogP contribution in [0.15, 0.2) is 24.3 Å². The molecule has 0 atom stereocenters. The minimum atomic E-state index is -3.30. The van der Waals surface area contributed by atoms with Crippen LogP contribution in [0.3, 0.4) is 0 Å². The molecule has 0 unspecified atom stereocenters. The fourth-order valence-electron chi connectivity index (χ4n) is 1.75. The van der Waals surface area contributed by atoms with E-state index in [1.54, 1.807) is 7.05 Å². The maximum Gasteiger partial charge on any atom is 0.303 e. The van der Waals surface area contributed by atoms with Gasteiger partial charge in [-0.2, -0.15) is 12.7 Å². The predicted molar refractivity (Wildman–Crippen MR) is 74.0 cm³/mol. The summed E-state index contributed by atoms with van der Waals surface area (Å²) < 4.78 is 26.8. The molecule has 1 fully saturated rings. The van der Waals surface area contributed by atoms with Gasteiger partial charge in [0.1, 0.15) is 0 Å². The number of anilines is 1. The maximum atomic E-state index is 12.0. The van der Waals surface area contributed by atoms with E-state index in [4.69, 9.17) is 0 Å². The molecule has 18 heavy (non-hydrogen) atoms. The van der Waals surface area contributed by atoms with Gasteiger partial charge in [-0.15, -0.1) is 0 Å². The van der Waals surface area contributed by atoms with Crippen LogP contribution in [0.4, 0.5) is 5.69 Å². The molecule has 0 amide bonds. The average molecular weight is 268 g/mol. The zero-order chi connectivity index (χ0) is 13.6. The molecule has 1 aliphatic heterocycles. The van der Waals surface area contributed by atoms with Crippen LogP contribution in [-0.4, -0.2) is 32.9 Å². The zero-order valence-electron chi connectivity index (χ0n) is 11.3. The molecule has 0 spiro atoms. The molecule has 0 aromatic heterocycles. The third-order valence-electron chi connectivity index (χ3n) is 3.18. The molecule has 0 aliphatic carbocycles. The second-order valence-corrected chi connectivity index (χ2v) is 7.63. The van der Waals surface area contributed by atoms with Crippen molar-refractivity contribution in [1.29, 1.82) is 0 Å². The number of benzene rings is 1. The molecule has 0 saturated carbocycles. The highest BCUT2D eigenvalue weighted by atomic mass is 32.2. The van der Waals surface area contributed by atoms with Crippen LogP contribution in [0.25, 0.3) is 0 Å². The summed E-state index contributed by atoms with van der Waals surface area (Å²) in [5.74, 6) is 0. The van der Waals surface area contributed by atoms with Gasteiger partial charge in [0.05, 0.1) is 5.69 Å². The lowest BCUT2D eigenvalue weighted by Gasteiger charge is -2.22. The van der Waals surface area contributed by atoms with Crippen molar-refractivity contribution in [3.05, 3.63) is 29.8 Å². The van der Waals surface area contributed by atoms with E-state index >= 15 is 0 Å². The van der Waals surface area contributed by atoms with Crippen molar-refractivity contribution >= 4 is 15.9 Å². The average Bonchev–Trinajstić information content (AvgIpc) is 3.11. The number of nitrogens with zero attached hydrogens (tertiary/aromatic N) is 2. The highest BCUT2D eigenvalue weighted by Gasteiger charge is 2.35. The number of hydrogen-bond acceptors (Lipinski definition) is 2. The van der Waals surface area contributed by atoms with Crippen LogP contribution in [0.5, 0.6) is 0 Å². The topological polar surface area (TPSA) is 40.4 Å². The van der Waals surface area contributed by atoms with Crippen molar-refractivity contribution < 1.29 is 8.42 Å². The molecule has 1 aromatic rings. The van der Waals surface area contributed by atoms with E-state index in [1.807, 2.05) is 24.3 Å². The molecule has 2 rings (SSSR count). The largest absolute Gasteiger partial charge is 0.303 e. The third-order valence-corrected chi connectivity index (χ3v) is 5.10. The third kappa shape index (κ3) is 2.52. The molecular formula is C13H20N2O2S. The van der Waals surface area contributed by atoms with Crippen LogP contribution >= 0.6 is 0 Å². The molecular weight excluding hydrogens is 248 g/mol. The van der Waals surface area contributed by atoms with Crippen LogP contribution in [0.1, 0.15) is 26.3 Å². The van der Waals surface area contributed by atoms with Crippen molar-refractivity contribution in [3.8, 4) is 0 Å². The molecule has 5 heteroatoms. The second-order valence-electron chi connectivity index (χ2n) is 5.67. The van der Waals surface area contributed by atoms with E-state index in [1.165, 1.54) is 14.2 Å². The Morgan fingerprint density at radius 3 is 2.00 bits per heavy atom. The highest BCUT2D eigenvalue weighted by molar-refractivity contribution is 7.90. The SMILES string of the molecule is CN(c1ccc(C(C)(C)C)cc1)S(=O)(=O)N1CC1. The fourth-order valence-corrected chi connectivity index (χ4v) is 3.03. The summed E-state index contributed by atoms with van der Waals surface area (Å²) >= 11 is 0. The highest BCUT2D eigenvalue weighted by Crippen LogP contribution is 2.27. The first-order valence-corrected chi connectivity index (χ1v) is 7.47. The quantitative estimate of drug-likeness (QED) is 0.787. The molecule has 1 aromatic carbocycles. The Labute approximate surface area is 109 Å². The Kier molecular flexibility index (Phi) is 3.15. The minimum Gasteiger partial charge on any atom is -0.261 e. The van der Waals surface area contributed by atoms with Crippen molar-refractivity contribution in [2.24, 2.45) is 0 Å². The van der Waals surface area contributed by atoms with E-state index in [-0.39, 0.29) is 5.41 Å². The Morgan fingerprint density at radius 2 is 1.61 bits per heavy atom. The second kappa shape index (κ2) is 4.24. The van der Waals surface area contributed by atoms with E-state index in [9.17, 15) is 8.42 Å². The normalized spacial score (nSPS) is 16.7. The van der Waals surface area contributed by atoms with E-state index in [0.717, 1.165) is 0 Å². The predicted octanol–water partition coefficient (Wildman–Crippen LogP) is 1.98. The first-order chi connectivity index (χ1) is 8.23. The van der Waals surface area contributed by atoms with E-state index in [0.29, 0.717) is 18.8 Å². The molecule has 1 saturated heterocycles. The molecule has 1 heterocycles. The Balaban J connectivity index is 2.25. The first-order valence-electron chi connectivity index (χ1n) is 6.07.